The molecule has 112 valence electrons. The number of hydrogen-bond donors (Lipinski definition) is 0. The highest BCUT2D eigenvalue weighted by atomic mass is 16.2. The number of likely N-dealkylation sites (N-methyl/N-ethyl adjacent to an activating group) is 1. The Morgan fingerprint density at radius 3 is 2.36 bits per heavy atom. The minimum atomic E-state index is -0.472. The fraction of sp³-hybridized carbons (Fsp3) is 0.222. The monoisotopic (exact) mass is 294 g/mol. The smallest absolute Gasteiger partial charge is 0.250 e. The molecule has 2 amide bonds. The number of nitrogens with zero attached hydrogens (tertiary/aromatic N) is 2. The number of carbonyl (C=O) groups is 2. The summed E-state index contributed by atoms with van der Waals surface area (Å²) < 4.78 is 0. The van der Waals surface area contributed by atoms with Crippen LogP contribution < -0.4 is 9.80 Å². The van der Waals surface area contributed by atoms with E-state index in [-0.39, 0.29) is 11.8 Å². The molecule has 0 unspecified atom stereocenters. The van der Waals surface area contributed by atoms with Crippen LogP contribution in [0.4, 0.5) is 11.4 Å². The number of carbonyl (C=O) groups excluding carboxylic acids is 2. The minimum absolute atomic E-state index is 0.0717. The molecule has 1 aliphatic heterocycles. The maximum absolute atomic E-state index is 12.9. The first-order chi connectivity index (χ1) is 10.6. The van der Waals surface area contributed by atoms with Gasteiger partial charge >= 0.3 is 0 Å². The molecular weight excluding hydrogens is 276 g/mol. The molecule has 4 nitrogen and oxygen atoms in total. The number of amides is 2. The predicted molar refractivity (Wildman–Crippen MR) is 86.9 cm³/mol. The molecule has 3 rings (SSSR count). The molecular formula is C18H18N2O2. The summed E-state index contributed by atoms with van der Waals surface area (Å²) in [7, 11) is 1.75. The van der Waals surface area contributed by atoms with Crippen molar-refractivity contribution >= 4 is 23.2 Å². The Kier molecular flexibility index (Phi) is 3.67. The Hall–Kier alpha value is -2.62. The summed E-state index contributed by atoms with van der Waals surface area (Å²) in [5.41, 5.74) is 2.71. The molecule has 2 aromatic carbocycles. The average Bonchev–Trinajstić information content (AvgIpc) is 2.94. The lowest BCUT2D eigenvalue weighted by Crippen LogP contribution is -2.48. The Morgan fingerprint density at radius 2 is 1.68 bits per heavy atom. The summed E-state index contributed by atoms with van der Waals surface area (Å²) >= 11 is 0. The zero-order valence-electron chi connectivity index (χ0n) is 12.7. The Morgan fingerprint density at radius 1 is 1.05 bits per heavy atom. The highest BCUT2D eigenvalue weighted by Crippen LogP contribution is 2.33. The number of hydrogen-bond acceptors (Lipinski definition) is 2. The van der Waals surface area contributed by atoms with Crippen molar-refractivity contribution in [3.05, 3.63) is 60.2 Å². The molecule has 0 spiro atoms. The standard InChI is InChI=1S/C18H18N2O2/c1-13(21)20-16-11-7-6-8-14(16)12-17(20)18(22)19(2)15-9-4-3-5-10-15/h3-11,17H,12H2,1-2H3/t17-/m0/s1. The van der Waals surface area contributed by atoms with Gasteiger partial charge in [0.05, 0.1) is 0 Å². The van der Waals surface area contributed by atoms with E-state index in [1.807, 2.05) is 54.6 Å². The van der Waals surface area contributed by atoms with Gasteiger partial charge in [-0.05, 0) is 23.8 Å². The zero-order valence-corrected chi connectivity index (χ0v) is 12.7. The molecule has 0 fully saturated rings. The van der Waals surface area contributed by atoms with Crippen molar-refractivity contribution in [2.45, 2.75) is 19.4 Å². The predicted octanol–water partition coefficient (Wildman–Crippen LogP) is 2.63. The maximum Gasteiger partial charge on any atom is 0.250 e. The number of fused-ring (bicyclic) bond motifs is 1. The van der Waals surface area contributed by atoms with E-state index in [4.69, 9.17) is 0 Å². The Labute approximate surface area is 130 Å². The summed E-state index contributed by atoms with van der Waals surface area (Å²) in [4.78, 5) is 28.1. The molecule has 0 radical (unpaired) electrons. The summed E-state index contributed by atoms with van der Waals surface area (Å²) in [5.74, 6) is -0.178. The topological polar surface area (TPSA) is 40.6 Å². The van der Waals surface area contributed by atoms with Crippen LogP contribution in [0.15, 0.2) is 54.6 Å². The van der Waals surface area contributed by atoms with E-state index >= 15 is 0 Å². The number of rotatable bonds is 2. The van der Waals surface area contributed by atoms with Crippen molar-refractivity contribution < 1.29 is 9.59 Å². The first-order valence-electron chi connectivity index (χ1n) is 7.30. The van der Waals surface area contributed by atoms with E-state index in [0.29, 0.717) is 6.42 Å². The summed E-state index contributed by atoms with van der Waals surface area (Å²) in [6.07, 6.45) is 0.561. The second-order valence-electron chi connectivity index (χ2n) is 5.47. The number of anilines is 2. The van der Waals surface area contributed by atoms with E-state index in [1.165, 1.54) is 6.92 Å². The van der Waals surface area contributed by atoms with Gasteiger partial charge in [0, 0.05) is 31.8 Å². The van der Waals surface area contributed by atoms with Gasteiger partial charge in [0.2, 0.25) is 11.8 Å². The van der Waals surface area contributed by atoms with Crippen molar-refractivity contribution in [1.29, 1.82) is 0 Å². The van der Waals surface area contributed by atoms with Crippen LogP contribution in [-0.4, -0.2) is 24.9 Å². The van der Waals surface area contributed by atoms with Gasteiger partial charge in [-0.25, -0.2) is 0 Å². The third-order valence-electron chi connectivity index (χ3n) is 4.07. The van der Waals surface area contributed by atoms with Crippen molar-refractivity contribution in [2.75, 3.05) is 16.8 Å². The van der Waals surface area contributed by atoms with Gasteiger partial charge in [0.15, 0.2) is 0 Å². The fourth-order valence-electron chi connectivity index (χ4n) is 2.98. The molecule has 4 heteroatoms. The molecule has 1 aliphatic rings. The van der Waals surface area contributed by atoms with E-state index in [0.717, 1.165) is 16.9 Å². The van der Waals surface area contributed by atoms with Crippen LogP contribution >= 0.6 is 0 Å². The Bertz CT molecular complexity index is 712. The van der Waals surface area contributed by atoms with Gasteiger partial charge in [-0.3, -0.25) is 14.5 Å². The average molecular weight is 294 g/mol. The SMILES string of the molecule is CC(=O)N1c2ccccc2C[C@H]1C(=O)N(C)c1ccccc1. The molecule has 2 aromatic rings. The largest absolute Gasteiger partial charge is 0.314 e. The van der Waals surface area contributed by atoms with E-state index in [1.54, 1.807) is 16.8 Å². The van der Waals surface area contributed by atoms with Crippen LogP contribution in [-0.2, 0) is 16.0 Å². The van der Waals surface area contributed by atoms with Gasteiger partial charge < -0.3 is 4.90 Å². The second kappa shape index (κ2) is 5.64. The maximum atomic E-state index is 12.9. The summed E-state index contributed by atoms with van der Waals surface area (Å²) in [6, 6.07) is 16.7. The van der Waals surface area contributed by atoms with Crippen LogP contribution in [0.25, 0.3) is 0 Å². The molecule has 1 atom stereocenters. The Balaban J connectivity index is 1.92. The van der Waals surface area contributed by atoms with Crippen LogP contribution in [0.5, 0.6) is 0 Å². The molecule has 22 heavy (non-hydrogen) atoms. The highest BCUT2D eigenvalue weighted by molar-refractivity contribution is 6.07. The van der Waals surface area contributed by atoms with Crippen molar-refractivity contribution in [1.82, 2.24) is 0 Å². The molecule has 0 aliphatic carbocycles. The fourth-order valence-corrected chi connectivity index (χ4v) is 2.98. The molecule has 0 saturated carbocycles. The first kappa shape index (κ1) is 14.3. The van der Waals surface area contributed by atoms with E-state index in [9.17, 15) is 9.59 Å². The van der Waals surface area contributed by atoms with Crippen molar-refractivity contribution in [3.8, 4) is 0 Å². The molecule has 0 bridgehead atoms. The zero-order chi connectivity index (χ0) is 15.7. The van der Waals surface area contributed by atoms with Crippen molar-refractivity contribution in [3.63, 3.8) is 0 Å². The van der Waals surface area contributed by atoms with Gasteiger partial charge in [-0.2, -0.15) is 0 Å². The quantitative estimate of drug-likeness (QED) is 0.854. The summed E-state index contributed by atoms with van der Waals surface area (Å²) in [6.45, 7) is 1.50. The lowest BCUT2D eigenvalue weighted by molar-refractivity contribution is -0.123. The summed E-state index contributed by atoms with van der Waals surface area (Å²) in [5, 5.41) is 0. The highest BCUT2D eigenvalue weighted by Gasteiger charge is 2.38. The molecule has 0 saturated heterocycles. The van der Waals surface area contributed by atoms with Gasteiger partial charge in [0.25, 0.3) is 0 Å². The van der Waals surface area contributed by atoms with Crippen LogP contribution in [0, 0.1) is 0 Å². The molecule has 0 N–H and O–H groups in total. The van der Waals surface area contributed by atoms with Gasteiger partial charge in [0.1, 0.15) is 6.04 Å². The van der Waals surface area contributed by atoms with E-state index in [2.05, 4.69) is 0 Å². The van der Waals surface area contributed by atoms with Gasteiger partial charge in [-0.1, -0.05) is 36.4 Å². The van der Waals surface area contributed by atoms with Gasteiger partial charge in [-0.15, -0.1) is 0 Å². The lowest BCUT2D eigenvalue weighted by Gasteiger charge is -2.27. The van der Waals surface area contributed by atoms with E-state index < -0.39 is 6.04 Å². The number of para-hydroxylation sites is 2. The first-order valence-corrected chi connectivity index (χ1v) is 7.30. The third-order valence-corrected chi connectivity index (χ3v) is 4.07. The minimum Gasteiger partial charge on any atom is -0.314 e. The number of benzene rings is 2. The van der Waals surface area contributed by atoms with Crippen LogP contribution in [0.1, 0.15) is 12.5 Å². The van der Waals surface area contributed by atoms with Crippen molar-refractivity contribution in [2.24, 2.45) is 0 Å². The van der Waals surface area contributed by atoms with Crippen LogP contribution in [0.2, 0.25) is 0 Å². The van der Waals surface area contributed by atoms with Crippen LogP contribution in [0.3, 0.4) is 0 Å². The molecule has 1 heterocycles. The second-order valence-corrected chi connectivity index (χ2v) is 5.47. The normalized spacial score (nSPS) is 16.3. The lowest BCUT2D eigenvalue weighted by atomic mass is 10.1. The third kappa shape index (κ3) is 2.37. The molecule has 0 aromatic heterocycles.